The standard InChI is InChI=1S/C21H16ClN3O4S/c22-15-5-7-16(8-6-15)24-30(28,29)17-9-3-14(4-10-17)11-13-25-20(26)18-2-1-12-23-19(18)21(25)27/h1-10,12,24H,11,13H2. The van der Waals surface area contributed by atoms with Crippen LogP contribution in [0.15, 0.2) is 71.8 Å². The van der Waals surface area contributed by atoms with Gasteiger partial charge in [0.05, 0.1) is 10.5 Å². The lowest BCUT2D eigenvalue weighted by molar-refractivity contribution is 0.0654. The third-order valence-electron chi connectivity index (χ3n) is 4.69. The number of nitrogens with zero attached hydrogens (tertiary/aromatic N) is 2. The minimum Gasteiger partial charge on any atom is -0.280 e. The summed E-state index contributed by atoms with van der Waals surface area (Å²) in [5.41, 5.74) is 1.67. The number of amides is 2. The van der Waals surface area contributed by atoms with E-state index in [1.54, 1.807) is 48.5 Å². The molecule has 9 heteroatoms. The SMILES string of the molecule is O=C1c2cccnc2C(=O)N1CCc1ccc(S(=O)(=O)Nc2ccc(Cl)cc2)cc1. The molecule has 0 saturated heterocycles. The predicted octanol–water partition coefficient (Wildman–Crippen LogP) is 3.37. The van der Waals surface area contributed by atoms with Gasteiger partial charge in [0, 0.05) is 23.5 Å². The number of imide groups is 1. The summed E-state index contributed by atoms with van der Waals surface area (Å²) in [6.45, 7) is 0.184. The Labute approximate surface area is 178 Å². The summed E-state index contributed by atoms with van der Waals surface area (Å²) in [5, 5.41) is 0.510. The molecule has 7 nitrogen and oxygen atoms in total. The fraction of sp³-hybridized carbons (Fsp3) is 0.0952. The number of carbonyl (C=O) groups is 2. The van der Waals surface area contributed by atoms with Crippen molar-refractivity contribution in [3.63, 3.8) is 0 Å². The minimum atomic E-state index is -3.75. The van der Waals surface area contributed by atoms with Gasteiger partial charge in [0.2, 0.25) is 0 Å². The van der Waals surface area contributed by atoms with Crippen molar-refractivity contribution in [2.75, 3.05) is 11.3 Å². The number of fused-ring (bicyclic) bond motifs is 1. The molecule has 1 N–H and O–H groups in total. The highest BCUT2D eigenvalue weighted by atomic mass is 35.5. The smallest absolute Gasteiger partial charge is 0.280 e. The zero-order valence-electron chi connectivity index (χ0n) is 15.6. The van der Waals surface area contributed by atoms with E-state index in [4.69, 9.17) is 11.6 Å². The Morgan fingerprint density at radius 2 is 1.63 bits per heavy atom. The number of hydrogen-bond acceptors (Lipinski definition) is 5. The van der Waals surface area contributed by atoms with Crippen LogP contribution in [0.25, 0.3) is 0 Å². The Kier molecular flexibility index (Phi) is 5.27. The topological polar surface area (TPSA) is 96.4 Å². The molecule has 0 atom stereocenters. The molecular weight excluding hydrogens is 426 g/mol. The molecule has 2 amide bonds. The summed E-state index contributed by atoms with van der Waals surface area (Å²) < 4.78 is 27.5. The van der Waals surface area contributed by atoms with Crippen molar-refractivity contribution in [3.05, 3.63) is 88.7 Å². The molecule has 1 aliphatic heterocycles. The summed E-state index contributed by atoms with van der Waals surface area (Å²) in [4.78, 5) is 30.0. The van der Waals surface area contributed by atoms with Crippen molar-refractivity contribution < 1.29 is 18.0 Å². The van der Waals surface area contributed by atoms with Crippen molar-refractivity contribution in [3.8, 4) is 0 Å². The van der Waals surface area contributed by atoms with Gasteiger partial charge in [-0.1, -0.05) is 23.7 Å². The molecule has 0 unspecified atom stereocenters. The first-order valence-corrected chi connectivity index (χ1v) is 10.9. The molecule has 152 valence electrons. The van der Waals surface area contributed by atoms with Crippen molar-refractivity contribution in [2.45, 2.75) is 11.3 Å². The maximum absolute atomic E-state index is 12.5. The third-order valence-corrected chi connectivity index (χ3v) is 6.33. The summed E-state index contributed by atoms with van der Waals surface area (Å²) in [6, 6.07) is 15.8. The van der Waals surface area contributed by atoms with E-state index in [0.29, 0.717) is 22.7 Å². The number of anilines is 1. The summed E-state index contributed by atoms with van der Waals surface area (Å²) in [5.74, 6) is -0.781. The average Bonchev–Trinajstić information content (AvgIpc) is 2.99. The Morgan fingerprint density at radius 1 is 0.933 bits per heavy atom. The van der Waals surface area contributed by atoms with E-state index < -0.39 is 15.9 Å². The second-order valence-corrected chi connectivity index (χ2v) is 8.79. The third kappa shape index (κ3) is 3.92. The maximum atomic E-state index is 12.5. The molecule has 2 aromatic carbocycles. The maximum Gasteiger partial charge on any atom is 0.280 e. The van der Waals surface area contributed by atoms with E-state index in [0.717, 1.165) is 10.5 Å². The van der Waals surface area contributed by atoms with Gasteiger partial charge in [-0.2, -0.15) is 0 Å². The van der Waals surface area contributed by atoms with Crippen molar-refractivity contribution in [1.82, 2.24) is 9.88 Å². The second kappa shape index (κ2) is 7.89. The lowest BCUT2D eigenvalue weighted by Crippen LogP contribution is -2.31. The highest BCUT2D eigenvalue weighted by molar-refractivity contribution is 7.92. The Morgan fingerprint density at radius 3 is 2.30 bits per heavy atom. The van der Waals surface area contributed by atoms with Gasteiger partial charge in [0.15, 0.2) is 0 Å². The molecule has 0 radical (unpaired) electrons. The van der Waals surface area contributed by atoms with E-state index >= 15 is 0 Å². The van der Waals surface area contributed by atoms with Crippen LogP contribution in [0.2, 0.25) is 5.02 Å². The van der Waals surface area contributed by atoms with Gasteiger partial charge in [0.25, 0.3) is 21.8 Å². The molecule has 1 aliphatic rings. The van der Waals surface area contributed by atoms with E-state index in [9.17, 15) is 18.0 Å². The number of nitrogens with one attached hydrogen (secondary N) is 1. The molecule has 3 aromatic rings. The molecule has 1 aromatic heterocycles. The first kappa shape index (κ1) is 20.1. The van der Waals surface area contributed by atoms with Gasteiger partial charge >= 0.3 is 0 Å². The van der Waals surface area contributed by atoms with E-state index in [-0.39, 0.29) is 23.0 Å². The fourth-order valence-electron chi connectivity index (χ4n) is 3.13. The van der Waals surface area contributed by atoms with Crippen LogP contribution in [-0.2, 0) is 16.4 Å². The van der Waals surface area contributed by atoms with Crippen molar-refractivity contribution in [1.29, 1.82) is 0 Å². The van der Waals surface area contributed by atoms with Crippen LogP contribution in [0.3, 0.4) is 0 Å². The largest absolute Gasteiger partial charge is 0.280 e. The summed E-state index contributed by atoms with van der Waals surface area (Å²) >= 11 is 5.81. The van der Waals surface area contributed by atoms with Crippen molar-refractivity contribution >= 4 is 39.1 Å². The predicted molar refractivity (Wildman–Crippen MR) is 112 cm³/mol. The van der Waals surface area contributed by atoms with E-state index in [1.807, 2.05) is 0 Å². The van der Waals surface area contributed by atoms with Gasteiger partial charge in [-0.3, -0.25) is 24.2 Å². The van der Waals surface area contributed by atoms with Crippen LogP contribution in [0, 0.1) is 0 Å². The van der Waals surface area contributed by atoms with Crippen molar-refractivity contribution in [2.24, 2.45) is 0 Å². The van der Waals surface area contributed by atoms with Crippen LogP contribution in [-0.4, -0.2) is 36.7 Å². The lowest BCUT2D eigenvalue weighted by Gasteiger charge is -2.13. The molecule has 30 heavy (non-hydrogen) atoms. The number of hydrogen-bond donors (Lipinski definition) is 1. The normalized spacial score (nSPS) is 13.4. The van der Waals surface area contributed by atoms with Gasteiger partial charge in [0.1, 0.15) is 5.69 Å². The first-order valence-electron chi connectivity index (χ1n) is 9.04. The summed E-state index contributed by atoms with van der Waals surface area (Å²) in [7, 11) is -3.75. The fourth-order valence-corrected chi connectivity index (χ4v) is 4.31. The number of halogens is 1. The Balaban J connectivity index is 1.42. The number of pyridine rings is 1. The molecule has 0 fully saturated rings. The van der Waals surface area contributed by atoms with Gasteiger partial charge in [-0.05, 0) is 60.5 Å². The van der Waals surface area contributed by atoms with Gasteiger partial charge in [-0.15, -0.1) is 0 Å². The van der Waals surface area contributed by atoms with Crippen LogP contribution < -0.4 is 4.72 Å². The zero-order chi connectivity index (χ0) is 21.3. The molecule has 0 aliphatic carbocycles. The molecule has 0 saturated carbocycles. The van der Waals surface area contributed by atoms with Crippen LogP contribution in [0.1, 0.15) is 26.4 Å². The summed E-state index contributed by atoms with van der Waals surface area (Å²) in [6.07, 6.45) is 1.88. The quantitative estimate of drug-likeness (QED) is 0.591. The second-order valence-electron chi connectivity index (χ2n) is 6.67. The van der Waals surface area contributed by atoms with Crippen LogP contribution >= 0.6 is 11.6 Å². The van der Waals surface area contributed by atoms with Gasteiger partial charge < -0.3 is 0 Å². The molecule has 4 rings (SSSR count). The van der Waals surface area contributed by atoms with Crippen LogP contribution in [0.4, 0.5) is 5.69 Å². The number of benzene rings is 2. The Hall–Kier alpha value is -3.23. The number of carbonyl (C=O) groups excluding carboxylic acids is 2. The minimum absolute atomic E-state index is 0.103. The van der Waals surface area contributed by atoms with E-state index in [1.165, 1.54) is 18.3 Å². The molecule has 0 bridgehead atoms. The zero-order valence-corrected chi connectivity index (χ0v) is 17.2. The highest BCUT2D eigenvalue weighted by Gasteiger charge is 2.36. The Bertz CT molecular complexity index is 1190. The monoisotopic (exact) mass is 441 g/mol. The molecular formula is C21H16ClN3O4S. The number of sulfonamides is 1. The van der Waals surface area contributed by atoms with E-state index in [2.05, 4.69) is 9.71 Å². The average molecular weight is 442 g/mol. The van der Waals surface area contributed by atoms with Gasteiger partial charge in [-0.25, -0.2) is 8.42 Å². The van der Waals surface area contributed by atoms with Crippen LogP contribution in [0.5, 0.6) is 0 Å². The number of aromatic nitrogens is 1. The first-order chi connectivity index (χ1) is 14.3. The highest BCUT2D eigenvalue weighted by Crippen LogP contribution is 2.22. The molecule has 2 heterocycles. The lowest BCUT2D eigenvalue weighted by atomic mass is 10.1. The number of rotatable bonds is 6. The molecule has 0 spiro atoms.